The highest BCUT2D eigenvalue weighted by molar-refractivity contribution is 9.10. The van der Waals surface area contributed by atoms with Crippen molar-refractivity contribution in [3.05, 3.63) is 26.0 Å². The van der Waals surface area contributed by atoms with Crippen LogP contribution in [0.3, 0.4) is 0 Å². The summed E-state index contributed by atoms with van der Waals surface area (Å²) < 4.78 is 6.01. The molecule has 1 aromatic heterocycles. The summed E-state index contributed by atoms with van der Waals surface area (Å²) in [7, 11) is 0. The second-order valence-corrected chi connectivity index (χ2v) is 4.25. The third kappa shape index (κ3) is 1.43. The summed E-state index contributed by atoms with van der Waals surface area (Å²) in [5, 5.41) is 0.658. The monoisotopic (exact) mass is 277 g/mol. The number of rotatable bonds is 0. The van der Waals surface area contributed by atoms with Crippen LogP contribution in [0.15, 0.2) is 15.0 Å². The summed E-state index contributed by atoms with van der Waals surface area (Å²) in [5.41, 5.74) is 2.51. The van der Waals surface area contributed by atoms with Gasteiger partial charge in [0.1, 0.15) is 0 Å². The molecule has 5 heteroatoms. The van der Waals surface area contributed by atoms with Gasteiger partial charge in [-0.05, 0) is 46.7 Å². The van der Waals surface area contributed by atoms with E-state index in [1.54, 1.807) is 0 Å². The highest BCUT2D eigenvalue weighted by Gasteiger charge is 2.10. The largest absolute Gasteiger partial charge is 0.428 e. The number of aromatic amines is 1. The summed E-state index contributed by atoms with van der Waals surface area (Å²) in [5.74, 6) is 0. The SMILES string of the molecule is Cc1cc2[nH]c(=S)oc2c(Br)c1Cl. The molecule has 0 aliphatic carbocycles. The van der Waals surface area contributed by atoms with Crippen molar-refractivity contribution in [1.82, 2.24) is 4.98 Å². The van der Waals surface area contributed by atoms with Gasteiger partial charge in [0.25, 0.3) is 4.84 Å². The van der Waals surface area contributed by atoms with Crippen LogP contribution in [-0.4, -0.2) is 4.98 Å². The first-order valence-electron chi connectivity index (χ1n) is 3.57. The maximum absolute atomic E-state index is 6.01. The molecule has 1 aromatic carbocycles. The van der Waals surface area contributed by atoms with Crippen molar-refractivity contribution in [3.63, 3.8) is 0 Å². The first-order chi connectivity index (χ1) is 6.09. The smallest absolute Gasteiger partial charge is 0.266 e. The van der Waals surface area contributed by atoms with Crippen LogP contribution in [0.5, 0.6) is 0 Å². The maximum atomic E-state index is 6.01. The molecular weight excluding hydrogens is 274 g/mol. The van der Waals surface area contributed by atoms with Gasteiger partial charge in [-0.15, -0.1) is 0 Å². The summed E-state index contributed by atoms with van der Waals surface area (Å²) >= 11 is 14.2. The van der Waals surface area contributed by atoms with Crippen LogP contribution in [0.2, 0.25) is 5.02 Å². The van der Waals surface area contributed by atoms with Gasteiger partial charge >= 0.3 is 0 Å². The Labute approximate surface area is 93.0 Å². The van der Waals surface area contributed by atoms with Gasteiger partial charge in [0, 0.05) is 0 Å². The van der Waals surface area contributed by atoms with Crippen molar-refractivity contribution in [3.8, 4) is 0 Å². The first kappa shape index (κ1) is 9.24. The minimum absolute atomic E-state index is 0.359. The number of fused-ring (bicyclic) bond motifs is 1. The highest BCUT2D eigenvalue weighted by atomic mass is 79.9. The summed E-state index contributed by atoms with van der Waals surface area (Å²) in [6, 6.07) is 1.90. The number of H-pyrrole nitrogens is 1. The zero-order chi connectivity index (χ0) is 9.59. The van der Waals surface area contributed by atoms with Gasteiger partial charge in [-0.2, -0.15) is 0 Å². The molecule has 2 nitrogen and oxygen atoms in total. The normalized spacial score (nSPS) is 11.0. The molecule has 0 atom stereocenters. The molecule has 0 saturated heterocycles. The van der Waals surface area contributed by atoms with Gasteiger partial charge < -0.3 is 9.40 Å². The van der Waals surface area contributed by atoms with Gasteiger partial charge in [-0.3, -0.25) is 0 Å². The van der Waals surface area contributed by atoms with Crippen LogP contribution in [-0.2, 0) is 0 Å². The predicted molar refractivity (Wildman–Crippen MR) is 58.8 cm³/mol. The lowest BCUT2D eigenvalue weighted by Crippen LogP contribution is -1.78. The van der Waals surface area contributed by atoms with Crippen molar-refractivity contribution < 1.29 is 4.42 Å². The zero-order valence-corrected chi connectivity index (χ0v) is 9.81. The minimum Gasteiger partial charge on any atom is -0.428 e. The van der Waals surface area contributed by atoms with Crippen LogP contribution in [0.1, 0.15) is 5.56 Å². The number of hydrogen-bond acceptors (Lipinski definition) is 2. The average molecular weight is 279 g/mol. The molecule has 2 rings (SSSR count). The van der Waals surface area contributed by atoms with E-state index in [1.807, 2.05) is 13.0 Å². The Balaban J connectivity index is 3.00. The second-order valence-electron chi connectivity index (χ2n) is 2.71. The Hall–Kier alpha value is -0.320. The fourth-order valence-electron chi connectivity index (χ4n) is 1.16. The lowest BCUT2D eigenvalue weighted by Gasteiger charge is -1.99. The van der Waals surface area contributed by atoms with E-state index in [9.17, 15) is 0 Å². The standard InChI is InChI=1S/C8H5BrClNOS/c1-3-2-4-7(5(9)6(3)10)12-8(13)11-4/h2H,1H3,(H,11,13). The van der Waals surface area contributed by atoms with Crippen LogP contribution >= 0.6 is 39.7 Å². The molecule has 1 heterocycles. The third-order valence-corrected chi connectivity index (χ3v) is 3.43. The molecule has 0 aliphatic heterocycles. The van der Waals surface area contributed by atoms with Crippen LogP contribution < -0.4 is 0 Å². The predicted octanol–water partition coefficient (Wildman–Crippen LogP) is 4.21. The molecule has 0 unspecified atom stereocenters. The van der Waals surface area contributed by atoms with E-state index in [2.05, 4.69) is 20.9 Å². The molecule has 0 saturated carbocycles. The Morgan fingerprint density at radius 1 is 1.62 bits per heavy atom. The lowest BCUT2D eigenvalue weighted by atomic mass is 10.2. The van der Waals surface area contributed by atoms with Crippen LogP contribution in [0.4, 0.5) is 0 Å². The second kappa shape index (κ2) is 3.12. The lowest BCUT2D eigenvalue weighted by molar-refractivity contribution is 0.582. The Bertz CT molecular complexity index is 531. The summed E-state index contributed by atoms with van der Waals surface area (Å²) in [4.78, 5) is 3.29. The number of oxazole rings is 1. The molecule has 0 amide bonds. The number of nitrogens with one attached hydrogen (secondary N) is 1. The summed E-state index contributed by atoms with van der Waals surface area (Å²) in [6.07, 6.45) is 0. The average Bonchev–Trinajstić information content (AvgIpc) is 2.42. The number of halogens is 2. The fourth-order valence-corrected chi connectivity index (χ4v) is 2.10. The zero-order valence-electron chi connectivity index (χ0n) is 6.65. The molecule has 0 aliphatic rings. The Morgan fingerprint density at radius 2 is 2.31 bits per heavy atom. The van der Waals surface area contributed by atoms with E-state index < -0.39 is 0 Å². The van der Waals surface area contributed by atoms with E-state index >= 15 is 0 Å². The molecule has 0 fully saturated rings. The number of benzene rings is 1. The van der Waals surface area contributed by atoms with E-state index in [4.69, 9.17) is 28.2 Å². The first-order valence-corrected chi connectivity index (χ1v) is 5.15. The van der Waals surface area contributed by atoms with Crippen molar-refractivity contribution in [2.45, 2.75) is 6.92 Å². The quantitative estimate of drug-likeness (QED) is 0.731. The minimum atomic E-state index is 0.359. The Morgan fingerprint density at radius 3 is 3.00 bits per heavy atom. The summed E-state index contributed by atoms with van der Waals surface area (Å²) in [6.45, 7) is 1.93. The van der Waals surface area contributed by atoms with Gasteiger partial charge in [0.2, 0.25) is 0 Å². The van der Waals surface area contributed by atoms with Crippen molar-refractivity contribution >= 4 is 50.8 Å². The molecule has 1 N–H and O–H groups in total. The topological polar surface area (TPSA) is 28.9 Å². The maximum Gasteiger partial charge on any atom is 0.266 e. The molecular formula is C8H5BrClNOS. The molecule has 2 aromatic rings. The number of aryl methyl sites for hydroxylation is 1. The highest BCUT2D eigenvalue weighted by Crippen LogP contribution is 2.33. The van der Waals surface area contributed by atoms with E-state index in [0.717, 1.165) is 15.6 Å². The Kier molecular flexibility index (Phi) is 2.21. The third-order valence-electron chi connectivity index (χ3n) is 1.78. The number of aromatic nitrogens is 1. The molecule has 68 valence electrons. The van der Waals surface area contributed by atoms with Gasteiger partial charge in [0.05, 0.1) is 15.0 Å². The van der Waals surface area contributed by atoms with Gasteiger partial charge in [0.15, 0.2) is 5.58 Å². The van der Waals surface area contributed by atoms with Gasteiger partial charge in [-0.1, -0.05) is 11.6 Å². The van der Waals surface area contributed by atoms with Crippen molar-refractivity contribution in [1.29, 1.82) is 0 Å². The van der Waals surface area contributed by atoms with E-state index in [1.165, 1.54) is 0 Å². The fraction of sp³-hybridized carbons (Fsp3) is 0.125. The van der Waals surface area contributed by atoms with E-state index in [0.29, 0.717) is 15.4 Å². The van der Waals surface area contributed by atoms with E-state index in [-0.39, 0.29) is 0 Å². The molecule has 0 bridgehead atoms. The molecule has 0 spiro atoms. The number of hydrogen-bond donors (Lipinski definition) is 1. The molecule has 13 heavy (non-hydrogen) atoms. The van der Waals surface area contributed by atoms with Gasteiger partial charge in [-0.25, -0.2) is 0 Å². The molecule has 0 radical (unpaired) electrons. The van der Waals surface area contributed by atoms with Crippen molar-refractivity contribution in [2.24, 2.45) is 0 Å². The van der Waals surface area contributed by atoms with Crippen LogP contribution in [0.25, 0.3) is 11.1 Å². The van der Waals surface area contributed by atoms with Crippen molar-refractivity contribution in [2.75, 3.05) is 0 Å². The van der Waals surface area contributed by atoms with Crippen LogP contribution in [0, 0.1) is 11.8 Å².